The van der Waals surface area contributed by atoms with Crippen LogP contribution in [0.2, 0.25) is 0 Å². The zero-order valence-corrected chi connectivity index (χ0v) is 15.1. The first-order valence-electron chi connectivity index (χ1n) is 8.67. The zero-order valence-electron chi connectivity index (χ0n) is 14.3. The topological polar surface area (TPSA) is 71.0 Å². The molecule has 1 unspecified atom stereocenters. The molecule has 1 atom stereocenters. The van der Waals surface area contributed by atoms with Crippen molar-refractivity contribution in [3.63, 3.8) is 0 Å². The van der Waals surface area contributed by atoms with E-state index < -0.39 is 5.82 Å². The van der Waals surface area contributed by atoms with Gasteiger partial charge in [0, 0.05) is 26.1 Å². The van der Waals surface area contributed by atoms with Gasteiger partial charge in [-0.3, -0.25) is 4.79 Å². The minimum absolute atomic E-state index is 0.0150. The fourth-order valence-corrected chi connectivity index (χ4v) is 4.12. The number of carbonyl (C=O) groups excluding carboxylic acids is 1. The quantitative estimate of drug-likeness (QED) is 0.664. The van der Waals surface area contributed by atoms with E-state index in [4.69, 9.17) is 0 Å². The second-order valence-electron chi connectivity index (χ2n) is 6.24. The average molecular weight is 361 g/mol. The van der Waals surface area contributed by atoms with Gasteiger partial charge in [0.05, 0.1) is 17.1 Å². The molecule has 1 saturated heterocycles. The lowest BCUT2D eigenvalue weighted by molar-refractivity contribution is 0.0969. The van der Waals surface area contributed by atoms with E-state index in [1.54, 1.807) is 0 Å². The van der Waals surface area contributed by atoms with Crippen LogP contribution in [0, 0.1) is 5.82 Å². The molecular formula is C17H20FN5OS. The summed E-state index contributed by atoms with van der Waals surface area (Å²) >= 11 is 1.48. The molecule has 2 aromatic heterocycles. The number of ketones is 1. The van der Waals surface area contributed by atoms with Crippen molar-refractivity contribution in [1.82, 2.24) is 20.3 Å². The Bertz CT molecular complexity index is 859. The van der Waals surface area contributed by atoms with Crippen molar-refractivity contribution in [2.24, 2.45) is 0 Å². The van der Waals surface area contributed by atoms with Gasteiger partial charge in [-0.25, -0.2) is 19.3 Å². The van der Waals surface area contributed by atoms with E-state index in [0.717, 1.165) is 18.8 Å². The second-order valence-corrected chi connectivity index (χ2v) is 7.47. The molecule has 8 heteroatoms. The van der Waals surface area contributed by atoms with Crippen LogP contribution in [0.4, 0.5) is 10.2 Å². The summed E-state index contributed by atoms with van der Waals surface area (Å²) in [6.45, 7) is 6.10. The molecule has 2 aromatic rings. The summed E-state index contributed by atoms with van der Waals surface area (Å²) in [5.74, 6) is 0.970. The van der Waals surface area contributed by atoms with Crippen molar-refractivity contribution in [1.29, 1.82) is 0 Å². The lowest BCUT2D eigenvalue weighted by atomic mass is 10.1. The third-order valence-corrected chi connectivity index (χ3v) is 5.46. The number of aryl methyl sites for hydroxylation is 1. The molecular weight excluding hydrogens is 341 g/mol. The lowest BCUT2D eigenvalue weighted by Gasteiger charge is -2.36. The van der Waals surface area contributed by atoms with Crippen molar-refractivity contribution in [2.75, 3.05) is 30.3 Å². The molecule has 0 aromatic carbocycles. The fourth-order valence-electron chi connectivity index (χ4n) is 3.55. The third kappa shape index (κ3) is 2.67. The largest absolute Gasteiger partial charge is 0.350 e. The fraction of sp³-hybridized carbons (Fsp3) is 0.529. The smallest absolute Gasteiger partial charge is 0.190 e. The number of anilines is 1. The van der Waals surface area contributed by atoms with E-state index in [1.165, 1.54) is 11.8 Å². The molecule has 4 heterocycles. The normalized spacial score (nSPS) is 19.9. The van der Waals surface area contributed by atoms with Gasteiger partial charge in [0.2, 0.25) is 0 Å². The average Bonchev–Trinajstić information content (AvgIpc) is 2.73. The molecule has 0 aliphatic carbocycles. The van der Waals surface area contributed by atoms with E-state index in [9.17, 15) is 9.18 Å². The number of piperazine rings is 1. The first kappa shape index (κ1) is 16.7. The monoisotopic (exact) mass is 361 g/mol. The van der Waals surface area contributed by atoms with E-state index in [0.29, 0.717) is 47.1 Å². The van der Waals surface area contributed by atoms with Crippen molar-refractivity contribution < 1.29 is 9.18 Å². The number of hydrogen-bond acceptors (Lipinski definition) is 7. The minimum Gasteiger partial charge on any atom is -0.350 e. The van der Waals surface area contributed by atoms with E-state index in [-0.39, 0.29) is 17.3 Å². The van der Waals surface area contributed by atoms with Crippen LogP contribution < -0.4 is 10.2 Å². The molecule has 0 amide bonds. The highest BCUT2D eigenvalue weighted by Gasteiger charge is 2.35. The predicted molar refractivity (Wildman–Crippen MR) is 96.0 cm³/mol. The number of thioether (sulfide) groups is 1. The van der Waals surface area contributed by atoms with E-state index in [2.05, 4.69) is 25.2 Å². The van der Waals surface area contributed by atoms with Gasteiger partial charge >= 0.3 is 0 Å². The summed E-state index contributed by atoms with van der Waals surface area (Å²) in [6.07, 6.45) is 0.781. The second kappa shape index (κ2) is 6.49. The molecule has 6 nitrogen and oxygen atoms in total. The maximum Gasteiger partial charge on any atom is 0.190 e. The number of hydrogen-bond donors (Lipinski definition) is 1. The Labute approximate surface area is 149 Å². The molecule has 0 saturated carbocycles. The van der Waals surface area contributed by atoms with Gasteiger partial charge in [0.25, 0.3) is 0 Å². The van der Waals surface area contributed by atoms with Gasteiger partial charge in [0.15, 0.2) is 16.8 Å². The summed E-state index contributed by atoms with van der Waals surface area (Å²) in [7, 11) is 0. The molecule has 1 fully saturated rings. The van der Waals surface area contributed by atoms with Crippen LogP contribution in [0.15, 0.2) is 5.16 Å². The zero-order chi connectivity index (χ0) is 17.6. The molecule has 2 aliphatic heterocycles. The highest BCUT2D eigenvalue weighted by Crippen LogP contribution is 2.36. The molecule has 0 spiro atoms. The van der Waals surface area contributed by atoms with Gasteiger partial charge in [0.1, 0.15) is 17.0 Å². The van der Waals surface area contributed by atoms with Gasteiger partial charge in [-0.2, -0.15) is 0 Å². The summed E-state index contributed by atoms with van der Waals surface area (Å²) in [4.78, 5) is 28.4. The van der Waals surface area contributed by atoms with Crippen LogP contribution in [-0.2, 0) is 6.42 Å². The molecule has 1 N–H and O–H groups in total. The van der Waals surface area contributed by atoms with E-state index in [1.807, 2.05) is 13.8 Å². The standard InChI is InChI=1S/C17H20FN5OS/c1-3-10-13(18)15-12-14(20-10)11(24)7-9-8-19-5-6-23(9)16(12)22-17(21-15)25-4-2/h9,19H,3-8H2,1-2H3. The highest BCUT2D eigenvalue weighted by atomic mass is 32.2. The number of rotatable bonds is 3. The third-order valence-electron chi connectivity index (χ3n) is 4.73. The Balaban J connectivity index is 2.06. The van der Waals surface area contributed by atoms with Crippen molar-refractivity contribution in [3.8, 4) is 0 Å². The summed E-state index contributed by atoms with van der Waals surface area (Å²) in [5, 5.41) is 4.35. The Hall–Kier alpha value is -1.80. The number of nitrogens with zero attached hydrogens (tertiary/aromatic N) is 4. The van der Waals surface area contributed by atoms with Gasteiger partial charge in [-0.1, -0.05) is 25.6 Å². The number of carbonyl (C=O) groups is 1. The molecule has 25 heavy (non-hydrogen) atoms. The summed E-state index contributed by atoms with van der Waals surface area (Å²) in [6, 6.07) is 0.0150. The Morgan fingerprint density at radius 1 is 1.32 bits per heavy atom. The van der Waals surface area contributed by atoms with Crippen molar-refractivity contribution >= 4 is 34.3 Å². The number of aromatic nitrogens is 3. The van der Waals surface area contributed by atoms with E-state index >= 15 is 0 Å². The molecule has 4 rings (SSSR count). The maximum atomic E-state index is 15.0. The van der Waals surface area contributed by atoms with Crippen LogP contribution in [0.1, 0.15) is 36.5 Å². The highest BCUT2D eigenvalue weighted by molar-refractivity contribution is 7.99. The van der Waals surface area contributed by atoms with Crippen LogP contribution >= 0.6 is 11.8 Å². The Morgan fingerprint density at radius 2 is 2.16 bits per heavy atom. The van der Waals surface area contributed by atoms with Crippen molar-refractivity contribution in [2.45, 2.75) is 37.9 Å². The number of Topliss-reactive ketones (excluding diaryl/α,β-unsaturated/α-hetero) is 1. The number of pyridine rings is 1. The molecule has 0 radical (unpaired) electrons. The van der Waals surface area contributed by atoms with Crippen molar-refractivity contribution in [3.05, 3.63) is 17.2 Å². The Kier molecular flexibility index (Phi) is 4.33. The van der Waals surface area contributed by atoms with Gasteiger partial charge in [-0.05, 0) is 12.2 Å². The van der Waals surface area contributed by atoms with Crippen LogP contribution in [-0.4, -0.2) is 52.2 Å². The number of fused-ring (bicyclic) bond motifs is 2. The minimum atomic E-state index is -0.427. The van der Waals surface area contributed by atoms with Crippen LogP contribution in [0.3, 0.4) is 0 Å². The Morgan fingerprint density at radius 3 is 2.92 bits per heavy atom. The van der Waals surface area contributed by atoms with Crippen LogP contribution in [0.5, 0.6) is 0 Å². The van der Waals surface area contributed by atoms with Crippen LogP contribution in [0.25, 0.3) is 10.9 Å². The maximum absolute atomic E-state index is 15.0. The van der Waals surface area contributed by atoms with Gasteiger partial charge in [-0.15, -0.1) is 0 Å². The van der Waals surface area contributed by atoms with Gasteiger partial charge < -0.3 is 10.2 Å². The number of nitrogens with one attached hydrogen (secondary N) is 1. The summed E-state index contributed by atoms with van der Waals surface area (Å²) in [5.41, 5.74) is 0.854. The first-order chi connectivity index (χ1) is 12.1. The molecule has 2 aliphatic rings. The molecule has 132 valence electrons. The SMILES string of the molecule is CCSc1nc2c3c(nc(CC)c(F)c3n1)C(=O)CC1CNCCN21. The summed E-state index contributed by atoms with van der Waals surface area (Å²) < 4.78 is 15.0. The predicted octanol–water partition coefficient (Wildman–Crippen LogP) is 2.20. The first-order valence-corrected chi connectivity index (χ1v) is 9.66. The molecule has 0 bridgehead atoms. The number of halogens is 1. The lowest BCUT2D eigenvalue weighted by Crippen LogP contribution is -2.52.